The van der Waals surface area contributed by atoms with Crippen LogP contribution in [0.25, 0.3) is 11.3 Å². The smallest absolute Gasteiger partial charge is 0.322 e. The minimum atomic E-state index is -0.485. The van der Waals surface area contributed by atoms with E-state index in [0.29, 0.717) is 49.7 Å². The van der Waals surface area contributed by atoms with Gasteiger partial charge in [-0.2, -0.15) is 20.2 Å². The van der Waals surface area contributed by atoms with E-state index in [1.807, 2.05) is 42.6 Å². The van der Waals surface area contributed by atoms with Gasteiger partial charge in [0.25, 0.3) is 5.91 Å². The number of hydrogen-bond donors (Lipinski definition) is 2. The minimum absolute atomic E-state index is 0.00803. The predicted octanol–water partition coefficient (Wildman–Crippen LogP) is 2.61. The fraction of sp³-hybridized carbons (Fsp3) is 0.536. The molecule has 1 saturated heterocycles. The van der Waals surface area contributed by atoms with Gasteiger partial charge in [-0.05, 0) is 43.6 Å². The number of nitrogen functional groups attached to an aromatic ring is 1. The highest BCUT2D eigenvalue weighted by atomic mass is 16.5. The Balaban J connectivity index is 1.22. The second-order valence-electron chi connectivity index (χ2n) is 11.3. The summed E-state index contributed by atoms with van der Waals surface area (Å²) in [6.45, 7) is 6.57. The minimum Gasteiger partial charge on any atom is -0.489 e. The zero-order valence-corrected chi connectivity index (χ0v) is 23.7. The summed E-state index contributed by atoms with van der Waals surface area (Å²) in [5.74, 6) is 1.48. The molecular weight excluding hydrogens is 524 g/mol. The first-order chi connectivity index (χ1) is 19.7. The van der Waals surface area contributed by atoms with E-state index >= 15 is 0 Å². The SMILES string of the molecule is CC(C)CNC(=O)c1nc(OCC2(C#N)CC2)nc(N2CCC(COc3cc(-c4cn(C)cn4)cnc3N)CC2)n1. The topological polar surface area (TPSA) is 170 Å². The summed E-state index contributed by atoms with van der Waals surface area (Å²) in [6, 6.07) is 4.24. The largest absolute Gasteiger partial charge is 0.489 e. The number of anilines is 2. The molecule has 41 heavy (non-hydrogen) atoms. The highest BCUT2D eigenvalue weighted by Crippen LogP contribution is 2.44. The van der Waals surface area contributed by atoms with Crippen LogP contribution in [0.5, 0.6) is 11.8 Å². The van der Waals surface area contributed by atoms with E-state index in [-0.39, 0.29) is 30.3 Å². The number of nitrogens with one attached hydrogen (secondary N) is 1. The summed E-state index contributed by atoms with van der Waals surface area (Å²) in [7, 11) is 1.91. The highest BCUT2D eigenvalue weighted by molar-refractivity contribution is 5.90. The van der Waals surface area contributed by atoms with E-state index in [1.165, 1.54) is 0 Å². The van der Waals surface area contributed by atoms with Gasteiger partial charge in [-0.1, -0.05) is 13.8 Å². The number of ether oxygens (including phenoxy) is 2. The third-order valence-electron chi connectivity index (χ3n) is 7.30. The van der Waals surface area contributed by atoms with Crippen LogP contribution >= 0.6 is 0 Å². The molecule has 0 spiro atoms. The molecule has 13 heteroatoms. The van der Waals surface area contributed by atoms with Crippen molar-refractivity contribution in [3.8, 4) is 29.1 Å². The number of pyridine rings is 1. The predicted molar refractivity (Wildman–Crippen MR) is 151 cm³/mol. The summed E-state index contributed by atoms with van der Waals surface area (Å²) in [4.78, 5) is 36.7. The van der Waals surface area contributed by atoms with Crippen LogP contribution in [0.3, 0.4) is 0 Å². The monoisotopic (exact) mass is 560 g/mol. The number of nitrogens with zero attached hydrogens (tertiary/aromatic N) is 8. The Hall–Kier alpha value is -4.47. The van der Waals surface area contributed by atoms with E-state index in [1.54, 1.807) is 12.5 Å². The van der Waals surface area contributed by atoms with Crippen molar-refractivity contribution in [3.05, 3.63) is 30.6 Å². The number of aryl methyl sites for hydroxylation is 1. The van der Waals surface area contributed by atoms with E-state index < -0.39 is 5.41 Å². The van der Waals surface area contributed by atoms with Crippen molar-refractivity contribution in [3.63, 3.8) is 0 Å². The Morgan fingerprint density at radius 3 is 2.66 bits per heavy atom. The summed E-state index contributed by atoms with van der Waals surface area (Å²) in [6.07, 6.45) is 8.58. The van der Waals surface area contributed by atoms with Crippen LogP contribution in [0.15, 0.2) is 24.8 Å². The molecule has 5 rings (SSSR count). The molecule has 13 nitrogen and oxygen atoms in total. The zero-order valence-electron chi connectivity index (χ0n) is 23.7. The first-order valence-corrected chi connectivity index (χ1v) is 13.9. The average Bonchev–Trinajstić information content (AvgIpc) is 3.64. The van der Waals surface area contributed by atoms with Crippen LogP contribution in [-0.4, -0.2) is 68.2 Å². The molecule has 216 valence electrons. The van der Waals surface area contributed by atoms with Crippen molar-refractivity contribution in [2.75, 3.05) is 43.5 Å². The molecule has 1 aliphatic heterocycles. The van der Waals surface area contributed by atoms with Gasteiger partial charge in [0.2, 0.25) is 11.8 Å². The first-order valence-electron chi connectivity index (χ1n) is 13.9. The van der Waals surface area contributed by atoms with Gasteiger partial charge in [-0.15, -0.1) is 0 Å². The van der Waals surface area contributed by atoms with Crippen molar-refractivity contribution < 1.29 is 14.3 Å². The van der Waals surface area contributed by atoms with Crippen LogP contribution < -0.4 is 25.4 Å². The number of aromatic nitrogens is 6. The quantitative estimate of drug-likeness (QED) is 0.353. The van der Waals surface area contributed by atoms with Crippen LogP contribution in [0, 0.1) is 28.6 Å². The van der Waals surface area contributed by atoms with Gasteiger partial charge in [0.15, 0.2) is 11.6 Å². The molecule has 3 N–H and O–H groups in total. The van der Waals surface area contributed by atoms with Gasteiger partial charge in [0, 0.05) is 44.6 Å². The lowest BCUT2D eigenvalue weighted by Gasteiger charge is -2.32. The van der Waals surface area contributed by atoms with E-state index in [0.717, 1.165) is 36.9 Å². The third-order valence-corrected chi connectivity index (χ3v) is 7.30. The normalized spacial score (nSPS) is 16.3. The second kappa shape index (κ2) is 12.0. The van der Waals surface area contributed by atoms with Crippen molar-refractivity contribution in [2.24, 2.45) is 24.3 Å². The molecule has 1 saturated carbocycles. The summed E-state index contributed by atoms with van der Waals surface area (Å²) in [5.41, 5.74) is 7.24. The van der Waals surface area contributed by atoms with Gasteiger partial charge < -0.3 is 30.0 Å². The van der Waals surface area contributed by atoms with Gasteiger partial charge >= 0.3 is 6.01 Å². The Labute approximate surface area is 239 Å². The van der Waals surface area contributed by atoms with E-state index in [4.69, 9.17) is 15.2 Å². The number of hydrogen-bond acceptors (Lipinski definition) is 11. The van der Waals surface area contributed by atoms with E-state index in [2.05, 4.69) is 36.3 Å². The number of imidazole rings is 1. The van der Waals surface area contributed by atoms with Crippen LogP contribution in [0.4, 0.5) is 11.8 Å². The number of rotatable bonds is 11. The van der Waals surface area contributed by atoms with Crippen LogP contribution in [0.2, 0.25) is 0 Å². The fourth-order valence-electron chi connectivity index (χ4n) is 4.45. The Morgan fingerprint density at radius 2 is 2.00 bits per heavy atom. The highest BCUT2D eigenvalue weighted by Gasteiger charge is 2.44. The number of amides is 1. The molecule has 2 fully saturated rings. The zero-order chi connectivity index (χ0) is 29.0. The molecule has 0 atom stereocenters. The standard InChI is InChI=1S/C28H36N10O3/c1-18(2)11-32-25(39)24-34-26(36-27(35-24)41-16-28(15-29)6-7-28)38-8-4-19(5-9-38)14-40-22-10-20(12-31-23(22)30)21-13-37(3)17-33-21/h10,12-13,17-19H,4-9,11,14,16H2,1-3H3,(H2,30,31)(H,32,39). The molecule has 0 radical (unpaired) electrons. The van der Waals surface area contributed by atoms with Crippen LogP contribution in [0.1, 0.15) is 50.1 Å². The average molecular weight is 561 g/mol. The number of nitrogens with two attached hydrogens (primary N) is 1. The molecule has 0 bridgehead atoms. The van der Waals surface area contributed by atoms with Crippen molar-refractivity contribution in [1.82, 2.24) is 34.8 Å². The van der Waals surface area contributed by atoms with Crippen LogP contribution in [-0.2, 0) is 7.05 Å². The second-order valence-corrected chi connectivity index (χ2v) is 11.3. The van der Waals surface area contributed by atoms with E-state index in [9.17, 15) is 10.1 Å². The molecule has 4 heterocycles. The maximum absolute atomic E-state index is 12.8. The number of nitriles is 1. The summed E-state index contributed by atoms with van der Waals surface area (Å²) in [5, 5.41) is 12.3. The maximum atomic E-state index is 12.8. The lowest BCUT2D eigenvalue weighted by atomic mass is 9.98. The number of piperidine rings is 1. The van der Waals surface area contributed by atoms with Crippen molar-refractivity contribution in [1.29, 1.82) is 5.26 Å². The fourth-order valence-corrected chi connectivity index (χ4v) is 4.45. The third kappa shape index (κ3) is 7.00. The lowest BCUT2D eigenvalue weighted by Crippen LogP contribution is -2.37. The molecule has 3 aromatic rings. The molecule has 1 amide bonds. The molecule has 1 aliphatic carbocycles. The summed E-state index contributed by atoms with van der Waals surface area (Å²) < 4.78 is 13.8. The van der Waals surface area contributed by atoms with Gasteiger partial charge in [0.1, 0.15) is 6.61 Å². The lowest BCUT2D eigenvalue weighted by molar-refractivity contribution is 0.0936. The number of carbonyl (C=O) groups is 1. The van der Waals surface area contributed by atoms with Gasteiger partial charge in [0.05, 0.1) is 30.1 Å². The first kappa shape index (κ1) is 28.1. The van der Waals surface area contributed by atoms with Gasteiger partial charge in [-0.3, -0.25) is 4.79 Å². The molecule has 2 aliphatic rings. The Kier molecular flexibility index (Phi) is 8.19. The molecule has 0 aromatic carbocycles. The molecular formula is C28H36N10O3. The summed E-state index contributed by atoms with van der Waals surface area (Å²) >= 11 is 0. The number of carbonyl (C=O) groups excluding carboxylic acids is 1. The Morgan fingerprint density at radius 1 is 1.22 bits per heavy atom. The van der Waals surface area contributed by atoms with Crippen molar-refractivity contribution in [2.45, 2.75) is 39.5 Å². The Bertz CT molecular complexity index is 1420. The van der Waals surface area contributed by atoms with Crippen molar-refractivity contribution >= 4 is 17.7 Å². The maximum Gasteiger partial charge on any atom is 0.322 e. The molecule has 0 unspecified atom stereocenters. The molecule has 3 aromatic heterocycles. The van der Waals surface area contributed by atoms with Gasteiger partial charge in [-0.25, -0.2) is 9.97 Å².